The van der Waals surface area contributed by atoms with Gasteiger partial charge in [0.05, 0.1) is 24.4 Å². The van der Waals surface area contributed by atoms with Crippen LogP contribution in [0.25, 0.3) is 0 Å². The Bertz CT molecular complexity index is 1040. The number of nitrogens with one attached hydrogen (secondary N) is 1. The standard InChI is InChI=1S/C23H21F3N2O3/c1-15(16-6-5-7-18(12-16)23(24,25)26)28-22(29)17-9-10-20(30-2)21(13-17)31-14-19-8-3-4-11-27-19/h3-13,15H,14H2,1-2H3,(H,28,29)/t15-/m0/s1. The molecule has 162 valence electrons. The van der Waals surface area contributed by atoms with Crippen LogP contribution in [0.4, 0.5) is 13.2 Å². The number of pyridine rings is 1. The Kier molecular flexibility index (Phi) is 6.79. The largest absolute Gasteiger partial charge is 0.493 e. The van der Waals surface area contributed by atoms with Crippen LogP contribution in [0.3, 0.4) is 0 Å². The summed E-state index contributed by atoms with van der Waals surface area (Å²) in [5, 5.41) is 2.71. The van der Waals surface area contributed by atoms with Gasteiger partial charge in [0.15, 0.2) is 11.5 Å². The molecule has 0 unspecified atom stereocenters. The molecule has 0 aliphatic heterocycles. The quantitative estimate of drug-likeness (QED) is 0.561. The Morgan fingerprint density at radius 3 is 2.55 bits per heavy atom. The van der Waals surface area contributed by atoms with E-state index in [1.165, 1.54) is 25.3 Å². The third-order valence-electron chi connectivity index (χ3n) is 4.59. The number of benzene rings is 2. The van der Waals surface area contributed by atoms with Gasteiger partial charge in [0, 0.05) is 11.8 Å². The average Bonchev–Trinajstić information content (AvgIpc) is 2.77. The molecule has 0 saturated heterocycles. The van der Waals surface area contributed by atoms with E-state index < -0.39 is 23.7 Å². The van der Waals surface area contributed by atoms with Crippen molar-refractivity contribution in [1.29, 1.82) is 0 Å². The van der Waals surface area contributed by atoms with Crippen molar-refractivity contribution in [1.82, 2.24) is 10.3 Å². The molecule has 1 atom stereocenters. The highest BCUT2D eigenvalue weighted by Gasteiger charge is 2.30. The maximum absolute atomic E-state index is 13.0. The number of halogens is 3. The number of alkyl halides is 3. The van der Waals surface area contributed by atoms with Crippen LogP contribution in [-0.4, -0.2) is 18.0 Å². The Hall–Kier alpha value is -3.55. The zero-order chi connectivity index (χ0) is 22.4. The van der Waals surface area contributed by atoms with E-state index in [-0.39, 0.29) is 12.2 Å². The molecule has 0 radical (unpaired) electrons. The number of hydrogen-bond donors (Lipinski definition) is 1. The Labute approximate surface area is 177 Å². The first-order valence-corrected chi connectivity index (χ1v) is 9.46. The van der Waals surface area contributed by atoms with Gasteiger partial charge < -0.3 is 14.8 Å². The second-order valence-corrected chi connectivity index (χ2v) is 6.79. The molecule has 3 aromatic rings. The maximum atomic E-state index is 13.0. The number of methoxy groups -OCH3 is 1. The molecule has 0 bridgehead atoms. The molecule has 0 fully saturated rings. The minimum atomic E-state index is -4.45. The molecule has 3 rings (SSSR count). The van der Waals surface area contributed by atoms with Crippen molar-refractivity contribution >= 4 is 5.91 Å². The van der Waals surface area contributed by atoms with Gasteiger partial charge in [-0.2, -0.15) is 13.2 Å². The molecule has 1 N–H and O–H groups in total. The predicted molar refractivity (Wildman–Crippen MR) is 109 cm³/mol. The molecular formula is C23H21F3N2O3. The number of ether oxygens (including phenoxy) is 2. The zero-order valence-corrected chi connectivity index (χ0v) is 16.9. The lowest BCUT2D eigenvalue weighted by atomic mass is 10.0. The summed E-state index contributed by atoms with van der Waals surface area (Å²) in [7, 11) is 1.48. The number of amides is 1. The van der Waals surface area contributed by atoms with Gasteiger partial charge in [-0.05, 0) is 55.0 Å². The summed E-state index contributed by atoms with van der Waals surface area (Å²) < 4.78 is 49.9. The number of nitrogens with zero attached hydrogens (tertiary/aromatic N) is 1. The Morgan fingerprint density at radius 1 is 1.06 bits per heavy atom. The van der Waals surface area contributed by atoms with Crippen LogP contribution in [0.5, 0.6) is 11.5 Å². The molecule has 0 spiro atoms. The number of carbonyl (C=O) groups excluding carboxylic acids is 1. The smallest absolute Gasteiger partial charge is 0.416 e. The van der Waals surface area contributed by atoms with Gasteiger partial charge in [-0.3, -0.25) is 9.78 Å². The number of hydrogen-bond acceptors (Lipinski definition) is 4. The van der Waals surface area contributed by atoms with Crippen LogP contribution in [0.2, 0.25) is 0 Å². The molecule has 1 aromatic heterocycles. The molecule has 0 aliphatic carbocycles. The van der Waals surface area contributed by atoms with Gasteiger partial charge in [-0.1, -0.05) is 18.2 Å². The highest BCUT2D eigenvalue weighted by molar-refractivity contribution is 5.95. The van der Waals surface area contributed by atoms with Crippen molar-refractivity contribution in [2.45, 2.75) is 25.7 Å². The summed E-state index contributed by atoms with van der Waals surface area (Å²) >= 11 is 0. The van der Waals surface area contributed by atoms with E-state index in [1.807, 2.05) is 6.07 Å². The lowest BCUT2D eigenvalue weighted by molar-refractivity contribution is -0.137. The minimum Gasteiger partial charge on any atom is -0.493 e. The molecule has 31 heavy (non-hydrogen) atoms. The predicted octanol–water partition coefficient (Wildman–Crippen LogP) is 5.18. The fraction of sp³-hybridized carbons (Fsp3) is 0.217. The lowest BCUT2D eigenvalue weighted by Crippen LogP contribution is -2.27. The highest BCUT2D eigenvalue weighted by atomic mass is 19.4. The monoisotopic (exact) mass is 430 g/mol. The SMILES string of the molecule is COc1ccc(C(=O)N[C@@H](C)c2cccc(C(F)(F)F)c2)cc1OCc1ccccn1. The van der Waals surface area contributed by atoms with Gasteiger partial charge in [0.2, 0.25) is 0 Å². The molecular weight excluding hydrogens is 409 g/mol. The second-order valence-electron chi connectivity index (χ2n) is 6.79. The molecule has 0 aliphatic rings. The van der Waals surface area contributed by atoms with E-state index in [2.05, 4.69) is 10.3 Å². The molecule has 5 nitrogen and oxygen atoms in total. The van der Waals surface area contributed by atoms with Gasteiger partial charge in [-0.15, -0.1) is 0 Å². The van der Waals surface area contributed by atoms with Gasteiger partial charge in [-0.25, -0.2) is 0 Å². The maximum Gasteiger partial charge on any atom is 0.416 e. The third-order valence-corrected chi connectivity index (χ3v) is 4.59. The van der Waals surface area contributed by atoms with E-state index in [1.54, 1.807) is 37.4 Å². The molecule has 8 heteroatoms. The van der Waals surface area contributed by atoms with Crippen LogP contribution in [0.15, 0.2) is 66.9 Å². The second kappa shape index (κ2) is 9.51. The van der Waals surface area contributed by atoms with Gasteiger partial charge in [0.1, 0.15) is 6.61 Å². The average molecular weight is 430 g/mol. The van der Waals surface area contributed by atoms with Crippen LogP contribution in [-0.2, 0) is 12.8 Å². The summed E-state index contributed by atoms with van der Waals surface area (Å²) in [6, 6.07) is 14.4. The Morgan fingerprint density at radius 2 is 1.87 bits per heavy atom. The summed E-state index contributed by atoms with van der Waals surface area (Å²) in [5.41, 5.74) is 0.581. The summed E-state index contributed by atoms with van der Waals surface area (Å²) in [6.45, 7) is 1.80. The summed E-state index contributed by atoms with van der Waals surface area (Å²) in [4.78, 5) is 16.9. The van der Waals surface area contributed by atoms with Crippen molar-refractivity contribution in [2.24, 2.45) is 0 Å². The van der Waals surface area contributed by atoms with E-state index in [4.69, 9.17) is 9.47 Å². The fourth-order valence-corrected chi connectivity index (χ4v) is 2.91. The summed E-state index contributed by atoms with van der Waals surface area (Å²) in [6.07, 6.45) is -2.80. The number of rotatable bonds is 7. The normalized spacial score (nSPS) is 12.2. The van der Waals surface area contributed by atoms with E-state index in [0.717, 1.165) is 12.1 Å². The van der Waals surface area contributed by atoms with E-state index in [9.17, 15) is 18.0 Å². The Balaban J connectivity index is 1.74. The first-order valence-electron chi connectivity index (χ1n) is 9.46. The van der Waals surface area contributed by atoms with Crippen molar-refractivity contribution in [2.75, 3.05) is 7.11 Å². The number of carbonyl (C=O) groups is 1. The number of aromatic nitrogens is 1. The van der Waals surface area contributed by atoms with Crippen molar-refractivity contribution in [3.05, 3.63) is 89.2 Å². The van der Waals surface area contributed by atoms with Crippen molar-refractivity contribution < 1.29 is 27.4 Å². The van der Waals surface area contributed by atoms with E-state index >= 15 is 0 Å². The van der Waals surface area contributed by atoms with Crippen LogP contribution in [0.1, 0.15) is 40.1 Å². The van der Waals surface area contributed by atoms with E-state index in [0.29, 0.717) is 22.8 Å². The fourth-order valence-electron chi connectivity index (χ4n) is 2.91. The molecule has 2 aromatic carbocycles. The van der Waals surface area contributed by atoms with Gasteiger partial charge >= 0.3 is 6.18 Å². The first-order chi connectivity index (χ1) is 14.8. The lowest BCUT2D eigenvalue weighted by Gasteiger charge is -2.17. The third kappa shape index (κ3) is 5.75. The van der Waals surface area contributed by atoms with Crippen LogP contribution < -0.4 is 14.8 Å². The van der Waals surface area contributed by atoms with Crippen LogP contribution in [0, 0.1) is 0 Å². The topological polar surface area (TPSA) is 60.5 Å². The first kappa shape index (κ1) is 22.1. The molecule has 1 heterocycles. The highest BCUT2D eigenvalue weighted by Crippen LogP contribution is 2.31. The zero-order valence-electron chi connectivity index (χ0n) is 16.9. The molecule has 1 amide bonds. The van der Waals surface area contributed by atoms with Crippen molar-refractivity contribution in [3.63, 3.8) is 0 Å². The van der Waals surface area contributed by atoms with Crippen LogP contribution >= 0.6 is 0 Å². The van der Waals surface area contributed by atoms with Gasteiger partial charge in [0.25, 0.3) is 5.91 Å². The van der Waals surface area contributed by atoms with Crippen molar-refractivity contribution in [3.8, 4) is 11.5 Å². The molecule has 0 saturated carbocycles. The summed E-state index contributed by atoms with van der Waals surface area (Å²) in [5.74, 6) is 0.348. The minimum absolute atomic E-state index is 0.183.